The Kier molecular flexibility index (Phi) is 4.16. The highest BCUT2D eigenvalue weighted by atomic mass is 16.6. The first kappa shape index (κ1) is 16.3. The molecule has 1 fully saturated rings. The first-order chi connectivity index (χ1) is 12.6. The number of Topliss-reactive ketones (excluding diaryl/α,β-unsaturated/α-hetero) is 1. The number of benzene rings is 2. The molecule has 26 heavy (non-hydrogen) atoms. The number of hydrogen-bond acceptors (Lipinski definition) is 5. The van der Waals surface area contributed by atoms with Crippen LogP contribution in [0.2, 0.25) is 0 Å². The molecule has 1 atom stereocenters. The molecule has 2 aliphatic heterocycles. The van der Waals surface area contributed by atoms with Gasteiger partial charge in [-0.05, 0) is 42.8 Å². The van der Waals surface area contributed by atoms with Crippen molar-refractivity contribution in [2.45, 2.75) is 26.0 Å². The molecule has 0 aromatic heterocycles. The monoisotopic (exact) mass is 349 g/mol. The Morgan fingerprint density at radius 2 is 1.92 bits per heavy atom. The maximum absolute atomic E-state index is 12.2. The number of carbonyl (C=O) groups excluding carboxylic acids is 2. The number of nitrogens with one attached hydrogen (secondary N) is 1. The van der Waals surface area contributed by atoms with Gasteiger partial charge in [-0.3, -0.25) is 10.1 Å². The Bertz CT molecular complexity index is 889. The molecule has 0 saturated carbocycles. The van der Waals surface area contributed by atoms with Crippen LogP contribution in [-0.2, 0) is 11.3 Å². The second-order valence-corrected chi connectivity index (χ2v) is 6.46. The van der Waals surface area contributed by atoms with Crippen molar-refractivity contribution in [2.24, 2.45) is 4.99 Å². The second-order valence-electron chi connectivity index (χ2n) is 6.46. The zero-order valence-corrected chi connectivity index (χ0v) is 14.4. The summed E-state index contributed by atoms with van der Waals surface area (Å²) >= 11 is 0. The number of amides is 1. The van der Waals surface area contributed by atoms with Gasteiger partial charge in [-0.25, -0.2) is 9.79 Å². The average Bonchev–Trinajstić information content (AvgIpc) is 3.02. The van der Waals surface area contributed by atoms with Gasteiger partial charge < -0.3 is 9.64 Å². The molecule has 2 heterocycles. The van der Waals surface area contributed by atoms with Crippen LogP contribution in [0.4, 0.5) is 16.2 Å². The second kappa shape index (κ2) is 6.63. The lowest BCUT2D eigenvalue weighted by Gasteiger charge is -2.26. The van der Waals surface area contributed by atoms with Crippen LogP contribution in [0, 0.1) is 0 Å². The van der Waals surface area contributed by atoms with Crippen LogP contribution in [0.25, 0.3) is 0 Å². The summed E-state index contributed by atoms with van der Waals surface area (Å²) in [6.45, 7) is 3.12. The van der Waals surface area contributed by atoms with Crippen LogP contribution in [0.3, 0.4) is 0 Å². The molecule has 2 aromatic carbocycles. The van der Waals surface area contributed by atoms with Crippen molar-refractivity contribution in [1.82, 2.24) is 4.90 Å². The van der Waals surface area contributed by atoms with Gasteiger partial charge >= 0.3 is 6.09 Å². The van der Waals surface area contributed by atoms with Gasteiger partial charge in [0.05, 0.1) is 5.69 Å². The molecular weight excluding hydrogens is 330 g/mol. The highest BCUT2D eigenvalue weighted by Gasteiger charge is 2.35. The molecule has 2 aromatic rings. The van der Waals surface area contributed by atoms with Gasteiger partial charge in [0.1, 0.15) is 5.84 Å². The number of hydrogen-bond donors (Lipinski definition) is 1. The van der Waals surface area contributed by atoms with Gasteiger partial charge in [0.15, 0.2) is 11.9 Å². The fourth-order valence-electron chi connectivity index (χ4n) is 3.28. The highest BCUT2D eigenvalue weighted by Crippen LogP contribution is 2.31. The third kappa shape index (κ3) is 3.18. The standard InChI is InChI=1S/C20H19N3O3/c1-13(24)14-6-8-16(9-7-14)21-20(25)26-18-10-11-23-12-15-4-2-3-5-17(15)22-19(18)23/h2-9,18H,10-12H2,1H3,(H,21,25)/t18-/m1/s1. The first-order valence-electron chi connectivity index (χ1n) is 8.60. The number of fused-ring (bicyclic) bond motifs is 2. The van der Waals surface area contributed by atoms with E-state index in [1.165, 1.54) is 12.5 Å². The number of ketones is 1. The van der Waals surface area contributed by atoms with Crippen molar-refractivity contribution < 1.29 is 14.3 Å². The minimum absolute atomic E-state index is 0.0132. The van der Waals surface area contributed by atoms with Gasteiger partial charge in [0, 0.05) is 30.8 Å². The molecule has 1 saturated heterocycles. The van der Waals surface area contributed by atoms with E-state index >= 15 is 0 Å². The molecule has 4 rings (SSSR count). The molecule has 6 nitrogen and oxygen atoms in total. The smallest absolute Gasteiger partial charge is 0.412 e. The molecule has 1 N–H and O–H groups in total. The Morgan fingerprint density at radius 3 is 2.69 bits per heavy atom. The lowest BCUT2D eigenvalue weighted by Crippen LogP contribution is -2.34. The number of ether oxygens (including phenoxy) is 1. The molecule has 0 radical (unpaired) electrons. The van der Waals surface area contributed by atoms with Crippen LogP contribution in [0.1, 0.15) is 29.3 Å². The van der Waals surface area contributed by atoms with Gasteiger partial charge in [-0.1, -0.05) is 18.2 Å². The van der Waals surface area contributed by atoms with Gasteiger partial charge in [0.25, 0.3) is 0 Å². The summed E-state index contributed by atoms with van der Waals surface area (Å²) in [7, 11) is 0. The third-order valence-electron chi connectivity index (χ3n) is 4.65. The summed E-state index contributed by atoms with van der Waals surface area (Å²) in [5, 5.41) is 2.70. The number of para-hydroxylation sites is 1. The van der Waals surface area contributed by atoms with Crippen molar-refractivity contribution in [2.75, 3.05) is 11.9 Å². The number of aliphatic imine (C=N–C) groups is 1. The summed E-state index contributed by atoms with van der Waals surface area (Å²) < 4.78 is 5.59. The maximum Gasteiger partial charge on any atom is 0.412 e. The van der Waals surface area contributed by atoms with Crippen LogP contribution in [0.15, 0.2) is 53.5 Å². The minimum Gasteiger partial charge on any atom is -0.438 e. The van der Waals surface area contributed by atoms with E-state index in [1.54, 1.807) is 24.3 Å². The fraction of sp³-hybridized carbons (Fsp3) is 0.250. The molecule has 0 unspecified atom stereocenters. The summed E-state index contributed by atoms with van der Waals surface area (Å²) in [6, 6.07) is 14.7. The van der Waals surface area contributed by atoms with Crippen molar-refractivity contribution in [3.63, 3.8) is 0 Å². The molecule has 1 amide bonds. The lowest BCUT2D eigenvalue weighted by atomic mass is 10.1. The normalized spacial score (nSPS) is 17.8. The van der Waals surface area contributed by atoms with Crippen LogP contribution in [-0.4, -0.2) is 35.3 Å². The van der Waals surface area contributed by atoms with Crippen molar-refractivity contribution in [3.8, 4) is 0 Å². The zero-order chi connectivity index (χ0) is 18.1. The summed E-state index contributed by atoms with van der Waals surface area (Å²) in [4.78, 5) is 30.4. The number of anilines is 1. The SMILES string of the molecule is CC(=O)c1ccc(NC(=O)O[C@@H]2CCN3Cc4ccccc4N=C23)cc1. The number of nitrogens with zero attached hydrogens (tertiary/aromatic N) is 2. The van der Waals surface area contributed by atoms with Crippen molar-refractivity contribution >= 4 is 29.1 Å². The van der Waals surface area contributed by atoms with E-state index in [0.29, 0.717) is 11.3 Å². The molecule has 0 bridgehead atoms. The lowest BCUT2D eigenvalue weighted by molar-refractivity contribution is 0.101. The fourth-order valence-corrected chi connectivity index (χ4v) is 3.28. The van der Waals surface area contributed by atoms with Crippen LogP contribution >= 0.6 is 0 Å². The summed E-state index contributed by atoms with van der Waals surface area (Å²) in [5.74, 6) is 0.798. The van der Waals surface area contributed by atoms with E-state index in [1.807, 2.05) is 18.2 Å². The first-order valence-corrected chi connectivity index (χ1v) is 8.60. The van der Waals surface area contributed by atoms with Crippen LogP contribution in [0.5, 0.6) is 0 Å². The van der Waals surface area contributed by atoms with E-state index in [4.69, 9.17) is 4.74 Å². The average molecular weight is 349 g/mol. The van der Waals surface area contributed by atoms with Crippen LogP contribution < -0.4 is 5.32 Å². The van der Waals surface area contributed by atoms with E-state index in [0.717, 1.165) is 31.0 Å². The number of amidine groups is 1. The number of carbonyl (C=O) groups is 2. The molecule has 132 valence electrons. The Morgan fingerprint density at radius 1 is 1.15 bits per heavy atom. The van der Waals surface area contributed by atoms with Crippen molar-refractivity contribution in [1.29, 1.82) is 0 Å². The Balaban J connectivity index is 1.43. The molecular formula is C20H19N3O3. The minimum atomic E-state index is -0.519. The highest BCUT2D eigenvalue weighted by molar-refractivity contribution is 5.96. The molecule has 6 heteroatoms. The quantitative estimate of drug-likeness (QED) is 0.857. The van der Waals surface area contributed by atoms with Gasteiger partial charge in [0.2, 0.25) is 0 Å². The molecule has 2 aliphatic rings. The van der Waals surface area contributed by atoms with E-state index in [-0.39, 0.29) is 11.9 Å². The van der Waals surface area contributed by atoms with E-state index < -0.39 is 6.09 Å². The Hall–Kier alpha value is -3.15. The van der Waals surface area contributed by atoms with E-state index in [2.05, 4.69) is 21.3 Å². The topological polar surface area (TPSA) is 71.0 Å². The van der Waals surface area contributed by atoms with Gasteiger partial charge in [-0.15, -0.1) is 0 Å². The van der Waals surface area contributed by atoms with Crippen molar-refractivity contribution in [3.05, 3.63) is 59.7 Å². The predicted molar refractivity (Wildman–Crippen MR) is 98.9 cm³/mol. The van der Waals surface area contributed by atoms with Gasteiger partial charge in [-0.2, -0.15) is 0 Å². The largest absolute Gasteiger partial charge is 0.438 e. The summed E-state index contributed by atoms with van der Waals surface area (Å²) in [5.41, 5.74) is 3.32. The number of rotatable bonds is 3. The molecule has 0 aliphatic carbocycles. The Labute approximate surface area is 151 Å². The predicted octanol–water partition coefficient (Wildman–Crippen LogP) is 3.76. The third-order valence-corrected chi connectivity index (χ3v) is 4.65. The molecule has 0 spiro atoms. The summed E-state index contributed by atoms with van der Waals surface area (Å²) in [6.07, 6.45) is -0.141. The van der Waals surface area contributed by atoms with E-state index in [9.17, 15) is 9.59 Å². The maximum atomic E-state index is 12.2. The zero-order valence-electron chi connectivity index (χ0n) is 14.4.